The first-order valence-corrected chi connectivity index (χ1v) is 10.8. The molecule has 0 saturated heterocycles. The fourth-order valence-corrected chi connectivity index (χ4v) is 3.22. The zero-order valence-corrected chi connectivity index (χ0v) is 18.6. The van der Waals surface area contributed by atoms with Crippen LogP contribution in [0.5, 0.6) is 0 Å². The number of benzene rings is 2. The lowest BCUT2D eigenvalue weighted by Gasteiger charge is -2.12. The van der Waals surface area contributed by atoms with Gasteiger partial charge in [-0.25, -0.2) is 4.39 Å². The summed E-state index contributed by atoms with van der Waals surface area (Å²) in [5, 5.41) is 9.82. The van der Waals surface area contributed by atoms with Gasteiger partial charge in [0.25, 0.3) is 5.91 Å². The van der Waals surface area contributed by atoms with Gasteiger partial charge in [-0.1, -0.05) is 22.8 Å². The average Bonchev–Trinajstić information content (AvgIpc) is 3.30. The summed E-state index contributed by atoms with van der Waals surface area (Å²) in [6, 6.07) is 15.7. The molecule has 0 aliphatic rings. The van der Waals surface area contributed by atoms with Gasteiger partial charge in [0.15, 0.2) is 0 Å². The van der Waals surface area contributed by atoms with Crippen molar-refractivity contribution in [3.8, 4) is 11.4 Å². The molecule has 2 N–H and O–H groups in total. The van der Waals surface area contributed by atoms with Crippen LogP contribution in [0.15, 0.2) is 71.4 Å². The first-order valence-electron chi connectivity index (χ1n) is 10.4. The van der Waals surface area contributed by atoms with Gasteiger partial charge in [-0.05, 0) is 61.0 Å². The number of anilines is 2. The van der Waals surface area contributed by atoms with Crippen LogP contribution in [0.3, 0.4) is 0 Å². The third-order valence-corrected chi connectivity index (χ3v) is 5.02. The molecule has 8 nitrogen and oxygen atoms in total. The van der Waals surface area contributed by atoms with Crippen LogP contribution in [0.2, 0.25) is 5.02 Å². The maximum atomic E-state index is 13.8. The number of hydrogen-bond acceptors (Lipinski definition) is 6. The van der Waals surface area contributed by atoms with Crippen molar-refractivity contribution in [3.63, 3.8) is 0 Å². The van der Waals surface area contributed by atoms with E-state index in [1.54, 1.807) is 42.5 Å². The quantitative estimate of drug-likeness (QED) is 0.362. The van der Waals surface area contributed by atoms with E-state index in [-0.39, 0.29) is 29.4 Å². The molecule has 10 heteroatoms. The Morgan fingerprint density at radius 1 is 1.00 bits per heavy atom. The van der Waals surface area contributed by atoms with E-state index < -0.39 is 11.7 Å². The predicted octanol–water partition coefficient (Wildman–Crippen LogP) is 5.14. The number of rotatable bonds is 8. The molecule has 0 saturated carbocycles. The number of amides is 2. The molecule has 0 fully saturated rings. The number of pyridine rings is 1. The Balaban J connectivity index is 1.33. The summed E-state index contributed by atoms with van der Waals surface area (Å²) in [5.41, 5.74) is 1.37. The highest BCUT2D eigenvalue weighted by Crippen LogP contribution is 2.24. The molecule has 2 heterocycles. The maximum Gasteiger partial charge on any atom is 0.274 e. The van der Waals surface area contributed by atoms with Crippen LogP contribution in [0.4, 0.5) is 15.8 Å². The Morgan fingerprint density at radius 2 is 1.82 bits per heavy atom. The third-order valence-electron chi connectivity index (χ3n) is 4.77. The van der Waals surface area contributed by atoms with E-state index in [9.17, 15) is 14.0 Å². The van der Waals surface area contributed by atoms with E-state index in [0.29, 0.717) is 29.6 Å². The monoisotopic (exact) mass is 479 g/mol. The molecule has 0 radical (unpaired) electrons. The predicted molar refractivity (Wildman–Crippen MR) is 125 cm³/mol. The summed E-state index contributed by atoms with van der Waals surface area (Å²) in [6.45, 7) is 0. The van der Waals surface area contributed by atoms with Gasteiger partial charge in [-0.3, -0.25) is 14.6 Å². The fourth-order valence-electron chi connectivity index (χ4n) is 3.10. The molecule has 34 heavy (non-hydrogen) atoms. The van der Waals surface area contributed by atoms with Crippen molar-refractivity contribution in [1.82, 2.24) is 15.1 Å². The number of nitrogens with zero attached hydrogens (tertiary/aromatic N) is 3. The summed E-state index contributed by atoms with van der Waals surface area (Å²) >= 11 is 5.89. The second kappa shape index (κ2) is 10.7. The third kappa shape index (κ3) is 6.02. The molecule has 0 bridgehead atoms. The van der Waals surface area contributed by atoms with E-state index in [2.05, 4.69) is 25.8 Å². The number of hydrogen-bond donors (Lipinski definition) is 2. The normalized spacial score (nSPS) is 10.6. The zero-order valence-electron chi connectivity index (χ0n) is 17.8. The first kappa shape index (κ1) is 23.1. The van der Waals surface area contributed by atoms with E-state index in [1.165, 1.54) is 18.3 Å². The highest BCUT2D eigenvalue weighted by molar-refractivity contribution is 6.30. The lowest BCUT2D eigenvalue weighted by atomic mass is 10.2. The van der Waals surface area contributed by atoms with Gasteiger partial charge in [0.2, 0.25) is 17.6 Å². The summed E-state index contributed by atoms with van der Waals surface area (Å²) in [7, 11) is 0. The first-order chi connectivity index (χ1) is 16.5. The van der Waals surface area contributed by atoms with Crippen LogP contribution >= 0.6 is 11.6 Å². The standard InChI is InChI=1S/C24H19ClFN5O3/c25-16-9-7-15(8-10-16)23-30-22(34-31-23)6-3-5-21(32)28-20-14-17(26)11-12-18(20)29-24(33)19-4-1-2-13-27-19/h1-2,4,7-14H,3,5-6H2,(H,28,32)(H,29,33). The molecule has 2 aromatic carbocycles. The van der Waals surface area contributed by atoms with Gasteiger partial charge >= 0.3 is 0 Å². The number of carbonyl (C=O) groups is 2. The molecule has 4 rings (SSSR count). The molecule has 0 atom stereocenters. The van der Waals surface area contributed by atoms with Crippen molar-refractivity contribution in [1.29, 1.82) is 0 Å². The van der Waals surface area contributed by atoms with Crippen molar-refractivity contribution in [2.24, 2.45) is 0 Å². The highest BCUT2D eigenvalue weighted by Gasteiger charge is 2.14. The summed E-state index contributed by atoms with van der Waals surface area (Å²) in [4.78, 5) is 33.1. The lowest BCUT2D eigenvalue weighted by Crippen LogP contribution is -2.17. The minimum Gasteiger partial charge on any atom is -0.339 e. The topological polar surface area (TPSA) is 110 Å². The molecule has 0 aliphatic carbocycles. The fraction of sp³-hybridized carbons (Fsp3) is 0.125. The van der Waals surface area contributed by atoms with E-state index in [0.717, 1.165) is 11.6 Å². The Labute approximate surface area is 199 Å². The second-order valence-corrected chi connectivity index (χ2v) is 7.72. The van der Waals surface area contributed by atoms with Crippen LogP contribution < -0.4 is 10.6 Å². The van der Waals surface area contributed by atoms with Gasteiger partial charge in [-0.2, -0.15) is 4.98 Å². The molecular weight excluding hydrogens is 461 g/mol. The number of nitrogens with one attached hydrogen (secondary N) is 2. The van der Waals surface area contributed by atoms with E-state index in [4.69, 9.17) is 16.1 Å². The molecular formula is C24H19ClFN5O3. The van der Waals surface area contributed by atoms with Gasteiger partial charge in [0.05, 0.1) is 11.4 Å². The van der Waals surface area contributed by atoms with Crippen LogP contribution in [0, 0.1) is 5.82 Å². The van der Waals surface area contributed by atoms with E-state index >= 15 is 0 Å². The Kier molecular flexibility index (Phi) is 7.24. The Bertz CT molecular complexity index is 1300. The van der Waals surface area contributed by atoms with E-state index in [1.807, 2.05) is 0 Å². The van der Waals surface area contributed by atoms with Crippen molar-refractivity contribution < 1.29 is 18.5 Å². The SMILES string of the molecule is O=C(CCCc1nc(-c2ccc(Cl)cc2)no1)Nc1cc(F)ccc1NC(=O)c1ccccn1. The minimum absolute atomic E-state index is 0.128. The van der Waals surface area contributed by atoms with Gasteiger partial charge in [-0.15, -0.1) is 0 Å². The zero-order chi connectivity index (χ0) is 23.9. The molecule has 172 valence electrons. The smallest absolute Gasteiger partial charge is 0.274 e. The van der Waals surface area contributed by atoms with Crippen molar-refractivity contribution in [2.75, 3.05) is 10.6 Å². The number of aryl methyl sites for hydroxylation is 1. The summed E-state index contributed by atoms with van der Waals surface area (Å²) in [5.74, 6) is -0.547. The average molecular weight is 480 g/mol. The second-order valence-electron chi connectivity index (χ2n) is 7.28. The molecule has 0 aliphatic heterocycles. The molecule has 2 amide bonds. The van der Waals surface area contributed by atoms with Crippen LogP contribution in [-0.2, 0) is 11.2 Å². The van der Waals surface area contributed by atoms with Crippen LogP contribution in [-0.4, -0.2) is 26.9 Å². The maximum absolute atomic E-state index is 13.8. The summed E-state index contributed by atoms with van der Waals surface area (Å²) < 4.78 is 19.0. The molecule has 0 spiro atoms. The van der Waals surface area contributed by atoms with Crippen molar-refractivity contribution in [2.45, 2.75) is 19.3 Å². The van der Waals surface area contributed by atoms with Crippen LogP contribution in [0.1, 0.15) is 29.2 Å². The molecule has 2 aromatic heterocycles. The van der Waals surface area contributed by atoms with Gasteiger partial charge in [0.1, 0.15) is 11.5 Å². The van der Waals surface area contributed by atoms with Gasteiger partial charge in [0, 0.05) is 29.6 Å². The number of aromatic nitrogens is 3. The van der Waals surface area contributed by atoms with Gasteiger partial charge < -0.3 is 15.2 Å². The number of halogens is 2. The minimum atomic E-state index is -0.549. The largest absolute Gasteiger partial charge is 0.339 e. The molecule has 0 unspecified atom stereocenters. The summed E-state index contributed by atoms with van der Waals surface area (Å²) in [6.07, 6.45) is 2.44. The number of carbonyl (C=O) groups excluding carboxylic acids is 2. The Hall–Kier alpha value is -4.11. The van der Waals surface area contributed by atoms with Crippen molar-refractivity contribution in [3.05, 3.63) is 89.3 Å². The lowest BCUT2D eigenvalue weighted by molar-refractivity contribution is -0.116. The molecule has 4 aromatic rings. The highest BCUT2D eigenvalue weighted by atomic mass is 35.5. The van der Waals surface area contributed by atoms with Crippen molar-refractivity contribution >= 4 is 34.8 Å². The Morgan fingerprint density at radius 3 is 2.59 bits per heavy atom. The van der Waals surface area contributed by atoms with Crippen LogP contribution in [0.25, 0.3) is 11.4 Å².